The molecule has 1 aliphatic rings. The summed E-state index contributed by atoms with van der Waals surface area (Å²) in [7, 11) is 0. The fourth-order valence-corrected chi connectivity index (χ4v) is 3.28. The molecular weight excluding hydrogens is 444 g/mol. The number of hydrogen-bond acceptors (Lipinski definition) is 8. The van der Waals surface area contributed by atoms with Crippen molar-refractivity contribution in [3.63, 3.8) is 0 Å². The van der Waals surface area contributed by atoms with E-state index in [1.807, 2.05) is 0 Å². The Morgan fingerprint density at radius 3 is 2.03 bits per heavy atom. The molecule has 1 rings (SSSR count). The summed E-state index contributed by atoms with van der Waals surface area (Å²) in [5.74, 6) is -7.30. The van der Waals surface area contributed by atoms with Crippen LogP contribution in [0.5, 0.6) is 0 Å². The van der Waals surface area contributed by atoms with Crippen LogP contribution in [0, 0.1) is 0 Å². The van der Waals surface area contributed by atoms with Crippen LogP contribution in [0.2, 0.25) is 0 Å². The Kier molecular flexibility index (Phi) is 10.2. The van der Waals surface area contributed by atoms with E-state index in [-0.39, 0.29) is 25.8 Å². The standard InChI is InChI=1S/C18H28N6O9/c19-8(6-13(21)26)15(29)23-10(7-14(27)28)16(30)22-9(3-4-12(20)25)17(31)24-5-1-2-11(24)18(32)33/h8-11H,1-7,19H2,(H2,20,25)(H2,21,26)(H,22,30)(H,23,29)(H,27,28)(H,32,33). The lowest BCUT2D eigenvalue weighted by molar-refractivity contribution is -0.150. The van der Waals surface area contributed by atoms with Gasteiger partial charge in [-0.2, -0.15) is 0 Å². The number of rotatable bonds is 13. The third-order valence-electron chi connectivity index (χ3n) is 4.88. The molecule has 4 atom stereocenters. The Balaban J connectivity index is 3.04. The first-order valence-corrected chi connectivity index (χ1v) is 10.0. The summed E-state index contributed by atoms with van der Waals surface area (Å²) in [5, 5.41) is 22.7. The van der Waals surface area contributed by atoms with Crippen molar-refractivity contribution in [2.45, 2.75) is 62.7 Å². The molecule has 0 aromatic carbocycles. The molecule has 0 aromatic heterocycles. The lowest BCUT2D eigenvalue weighted by Crippen LogP contribution is -2.57. The van der Waals surface area contributed by atoms with Gasteiger partial charge in [0.1, 0.15) is 18.1 Å². The van der Waals surface area contributed by atoms with E-state index in [2.05, 4.69) is 10.6 Å². The van der Waals surface area contributed by atoms with E-state index in [9.17, 15) is 38.7 Å². The first kappa shape index (κ1) is 27.3. The van der Waals surface area contributed by atoms with E-state index in [0.717, 1.165) is 4.90 Å². The summed E-state index contributed by atoms with van der Waals surface area (Å²) < 4.78 is 0. The third kappa shape index (κ3) is 8.72. The number of nitrogens with two attached hydrogens (primary N) is 3. The van der Waals surface area contributed by atoms with E-state index < -0.39 is 78.5 Å². The van der Waals surface area contributed by atoms with Crippen molar-refractivity contribution in [3.8, 4) is 0 Å². The Morgan fingerprint density at radius 1 is 0.909 bits per heavy atom. The molecule has 5 amide bonds. The zero-order valence-electron chi connectivity index (χ0n) is 17.7. The van der Waals surface area contributed by atoms with Crippen molar-refractivity contribution in [2.75, 3.05) is 6.54 Å². The number of carbonyl (C=O) groups excluding carboxylic acids is 5. The molecule has 0 aromatic rings. The van der Waals surface area contributed by atoms with Gasteiger partial charge >= 0.3 is 11.9 Å². The van der Waals surface area contributed by atoms with Gasteiger partial charge in [-0.15, -0.1) is 0 Å². The number of aliphatic carboxylic acids is 2. The van der Waals surface area contributed by atoms with Crippen LogP contribution >= 0.6 is 0 Å². The molecule has 1 fully saturated rings. The normalized spacial score (nSPS) is 18.0. The molecule has 0 spiro atoms. The fraction of sp³-hybridized carbons (Fsp3) is 0.611. The number of hydrogen-bond donors (Lipinski definition) is 7. The Labute approximate surface area is 188 Å². The van der Waals surface area contributed by atoms with Gasteiger partial charge in [0.05, 0.1) is 18.9 Å². The number of primary amides is 2. The summed E-state index contributed by atoms with van der Waals surface area (Å²) in [6, 6.07) is -5.66. The average molecular weight is 472 g/mol. The molecule has 10 N–H and O–H groups in total. The van der Waals surface area contributed by atoms with Gasteiger partial charge in [-0.3, -0.25) is 28.8 Å². The predicted octanol–water partition coefficient (Wildman–Crippen LogP) is -4.03. The maximum Gasteiger partial charge on any atom is 0.326 e. The predicted molar refractivity (Wildman–Crippen MR) is 109 cm³/mol. The van der Waals surface area contributed by atoms with Crippen LogP contribution < -0.4 is 27.8 Å². The SMILES string of the molecule is NC(=O)CCC(NC(=O)C(CC(=O)O)NC(=O)C(N)CC(N)=O)C(=O)N1CCCC1C(=O)O. The van der Waals surface area contributed by atoms with Crippen molar-refractivity contribution < 1.29 is 43.8 Å². The molecular formula is C18H28N6O9. The topological polar surface area (TPSA) is 265 Å². The van der Waals surface area contributed by atoms with Gasteiger partial charge in [-0.25, -0.2) is 4.79 Å². The van der Waals surface area contributed by atoms with Crippen molar-refractivity contribution >= 4 is 41.5 Å². The minimum atomic E-state index is -1.69. The Morgan fingerprint density at radius 2 is 1.52 bits per heavy atom. The zero-order chi connectivity index (χ0) is 25.3. The minimum absolute atomic E-state index is 0.107. The van der Waals surface area contributed by atoms with Gasteiger partial charge in [0.15, 0.2) is 0 Å². The van der Waals surface area contributed by atoms with Gasteiger partial charge in [-0.1, -0.05) is 0 Å². The molecule has 4 unspecified atom stereocenters. The largest absolute Gasteiger partial charge is 0.481 e. The zero-order valence-corrected chi connectivity index (χ0v) is 17.7. The third-order valence-corrected chi connectivity index (χ3v) is 4.88. The molecule has 0 saturated carbocycles. The maximum absolute atomic E-state index is 12.9. The molecule has 1 aliphatic heterocycles. The molecule has 1 heterocycles. The van der Waals surface area contributed by atoms with Crippen molar-refractivity contribution in [1.29, 1.82) is 0 Å². The molecule has 0 bridgehead atoms. The molecule has 0 radical (unpaired) electrons. The smallest absolute Gasteiger partial charge is 0.326 e. The highest BCUT2D eigenvalue weighted by Gasteiger charge is 2.38. The van der Waals surface area contributed by atoms with Crippen LogP contribution in [0.4, 0.5) is 0 Å². The van der Waals surface area contributed by atoms with Crippen LogP contribution in [0.15, 0.2) is 0 Å². The van der Waals surface area contributed by atoms with Gasteiger partial charge in [0.2, 0.25) is 29.5 Å². The lowest BCUT2D eigenvalue weighted by atomic mass is 10.1. The number of carboxylic acid groups (broad SMARTS) is 2. The number of likely N-dealkylation sites (tertiary alicyclic amines) is 1. The highest BCUT2D eigenvalue weighted by atomic mass is 16.4. The number of carboxylic acids is 2. The highest BCUT2D eigenvalue weighted by molar-refractivity contribution is 5.96. The number of nitrogens with one attached hydrogen (secondary N) is 2. The minimum Gasteiger partial charge on any atom is -0.481 e. The first-order chi connectivity index (χ1) is 15.3. The molecule has 15 heteroatoms. The number of nitrogens with zero attached hydrogens (tertiary/aromatic N) is 1. The van der Waals surface area contributed by atoms with Crippen molar-refractivity contribution in [1.82, 2.24) is 15.5 Å². The van der Waals surface area contributed by atoms with Crippen LogP contribution in [0.3, 0.4) is 0 Å². The van der Waals surface area contributed by atoms with Crippen molar-refractivity contribution in [2.24, 2.45) is 17.2 Å². The van der Waals surface area contributed by atoms with Gasteiger partial charge in [0, 0.05) is 13.0 Å². The maximum atomic E-state index is 12.9. The number of carbonyl (C=O) groups is 7. The molecule has 0 aliphatic carbocycles. The van der Waals surface area contributed by atoms with E-state index in [0.29, 0.717) is 6.42 Å². The van der Waals surface area contributed by atoms with Crippen molar-refractivity contribution in [3.05, 3.63) is 0 Å². The average Bonchev–Trinajstić information content (AvgIpc) is 3.19. The molecule has 15 nitrogen and oxygen atoms in total. The van der Waals surface area contributed by atoms with Gasteiger partial charge in [0.25, 0.3) is 0 Å². The highest BCUT2D eigenvalue weighted by Crippen LogP contribution is 2.19. The van der Waals surface area contributed by atoms with E-state index in [4.69, 9.17) is 22.3 Å². The summed E-state index contributed by atoms with van der Waals surface area (Å²) in [5.41, 5.74) is 15.6. The number of amides is 5. The van der Waals surface area contributed by atoms with Crippen LogP contribution in [0.1, 0.15) is 38.5 Å². The second-order valence-corrected chi connectivity index (χ2v) is 7.53. The van der Waals surface area contributed by atoms with Gasteiger partial charge < -0.3 is 42.9 Å². The van der Waals surface area contributed by atoms with Crippen LogP contribution in [-0.4, -0.2) is 87.3 Å². The summed E-state index contributed by atoms with van der Waals surface area (Å²) >= 11 is 0. The fourth-order valence-electron chi connectivity index (χ4n) is 3.28. The lowest BCUT2D eigenvalue weighted by Gasteiger charge is -2.28. The second-order valence-electron chi connectivity index (χ2n) is 7.53. The summed E-state index contributed by atoms with van der Waals surface area (Å²) in [6.07, 6.45) is -1.45. The quantitative estimate of drug-likeness (QED) is 0.136. The van der Waals surface area contributed by atoms with E-state index in [1.165, 1.54) is 0 Å². The monoisotopic (exact) mass is 472 g/mol. The Bertz CT molecular complexity index is 817. The van der Waals surface area contributed by atoms with Crippen LogP contribution in [-0.2, 0) is 33.6 Å². The molecule has 1 saturated heterocycles. The van der Waals surface area contributed by atoms with E-state index >= 15 is 0 Å². The van der Waals surface area contributed by atoms with E-state index in [1.54, 1.807) is 0 Å². The molecule has 184 valence electrons. The summed E-state index contributed by atoms with van der Waals surface area (Å²) in [6.45, 7) is 0.107. The molecule has 33 heavy (non-hydrogen) atoms. The van der Waals surface area contributed by atoms with Crippen LogP contribution in [0.25, 0.3) is 0 Å². The Hall–Kier alpha value is -3.75. The van der Waals surface area contributed by atoms with Gasteiger partial charge in [-0.05, 0) is 19.3 Å². The summed E-state index contributed by atoms with van der Waals surface area (Å²) in [4.78, 5) is 83.5. The first-order valence-electron chi connectivity index (χ1n) is 10.0. The second kappa shape index (κ2) is 12.3.